The van der Waals surface area contributed by atoms with Gasteiger partial charge in [0, 0.05) is 31.1 Å². The Labute approximate surface area is 188 Å². The van der Waals surface area contributed by atoms with Gasteiger partial charge >= 0.3 is 5.97 Å². The van der Waals surface area contributed by atoms with Crippen LogP contribution in [0.3, 0.4) is 0 Å². The summed E-state index contributed by atoms with van der Waals surface area (Å²) in [5, 5.41) is 0. The molecule has 0 spiro atoms. The Hall–Kier alpha value is -2.61. The molecule has 0 N–H and O–H groups in total. The largest absolute Gasteiger partial charge is 0.468 e. The van der Waals surface area contributed by atoms with Crippen LogP contribution in [0.15, 0.2) is 34.6 Å². The molecule has 2 atom stereocenters. The predicted molar refractivity (Wildman–Crippen MR) is 115 cm³/mol. The molecule has 1 aromatic heterocycles. The standard InChI is InChI=1S/C24H32N2O6/c1-23(2)7-6-19-24(16-23,22(29)30-3)14-17(13-20(27)25-8-11-31-12-9-25)21(28)26(19)15-18-5-4-10-32-18/h4-6,10,17H,7-9,11-16H2,1-3H3/t17-,24-/m1/s1. The zero-order valence-electron chi connectivity index (χ0n) is 19.1. The molecule has 0 radical (unpaired) electrons. The SMILES string of the molecule is COC(=O)[C@@]12C[C@@H](CC(=O)N3CCOCC3)C(=O)N(Cc3ccco3)C1=CCC(C)(C)C2. The quantitative estimate of drug-likeness (QED) is 0.649. The van der Waals surface area contributed by atoms with Crippen LogP contribution in [0.1, 0.15) is 45.3 Å². The van der Waals surface area contributed by atoms with Gasteiger partial charge in [0.15, 0.2) is 0 Å². The Morgan fingerprint density at radius 3 is 2.66 bits per heavy atom. The van der Waals surface area contributed by atoms with Gasteiger partial charge in [-0.2, -0.15) is 0 Å². The number of morpholine rings is 1. The van der Waals surface area contributed by atoms with Gasteiger partial charge in [0.1, 0.15) is 11.2 Å². The maximum atomic E-state index is 13.6. The number of hydrogen-bond donors (Lipinski definition) is 0. The molecular formula is C24H32N2O6. The fraction of sp³-hybridized carbons (Fsp3) is 0.625. The highest BCUT2D eigenvalue weighted by Crippen LogP contribution is 2.55. The Morgan fingerprint density at radius 2 is 2.00 bits per heavy atom. The van der Waals surface area contributed by atoms with Crippen molar-refractivity contribution in [3.05, 3.63) is 35.9 Å². The Balaban J connectivity index is 1.69. The van der Waals surface area contributed by atoms with Crippen molar-refractivity contribution >= 4 is 17.8 Å². The van der Waals surface area contributed by atoms with Gasteiger partial charge < -0.3 is 23.7 Å². The monoisotopic (exact) mass is 444 g/mol. The average Bonchev–Trinajstić information content (AvgIpc) is 3.29. The summed E-state index contributed by atoms with van der Waals surface area (Å²) in [6.07, 6.45) is 5.22. The fourth-order valence-corrected chi connectivity index (χ4v) is 5.43. The van der Waals surface area contributed by atoms with Crippen LogP contribution >= 0.6 is 0 Å². The van der Waals surface area contributed by atoms with Crippen LogP contribution < -0.4 is 0 Å². The van der Waals surface area contributed by atoms with Crippen LogP contribution in [0, 0.1) is 16.7 Å². The first kappa shape index (κ1) is 22.6. The summed E-state index contributed by atoms with van der Waals surface area (Å²) < 4.78 is 16.1. The van der Waals surface area contributed by atoms with Crippen molar-refractivity contribution < 1.29 is 28.3 Å². The van der Waals surface area contributed by atoms with Gasteiger partial charge in [0.2, 0.25) is 11.8 Å². The summed E-state index contributed by atoms with van der Waals surface area (Å²) in [4.78, 5) is 43.3. The number of amides is 2. The predicted octanol–water partition coefficient (Wildman–Crippen LogP) is 2.74. The van der Waals surface area contributed by atoms with Gasteiger partial charge in [-0.15, -0.1) is 0 Å². The molecule has 2 fully saturated rings. The van der Waals surface area contributed by atoms with Gasteiger partial charge in [0.25, 0.3) is 0 Å². The van der Waals surface area contributed by atoms with Gasteiger partial charge in [-0.1, -0.05) is 19.9 Å². The lowest BCUT2D eigenvalue weighted by atomic mass is 9.59. The summed E-state index contributed by atoms with van der Waals surface area (Å²) >= 11 is 0. The minimum Gasteiger partial charge on any atom is -0.468 e. The van der Waals surface area contributed by atoms with Crippen molar-refractivity contribution in [1.29, 1.82) is 0 Å². The Kier molecular flexibility index (Phi) is 6.16. The number of ether oxygens (including phenoxy) is 2. The summed E-state index contributed by atoms with van der Waals surface area (Å²) in [7, 11) is 1.39. The van der Waals surface area contributed by atoms with Crippen molar-refractivity contribution in [1.82, 2.24) is 9.80 Å². The van der Waals surface area contributed by atoms with E-state index in [0.717, 1.165) is 6.42 Å². The molecule has 4 rings (SSSR count). The smallest absolute Gasteiger partial charge is 0.317 e. The number of carbonyl (C=O) groups excluding carboxylic acids is 3. The van der Waals surface area contributed by atoms with E-state index in [4.69, 9.17) is 13.9 Å². The van der Waals surface area contributed by atoms with E-state index < -0.39 is 11.3 Å². The topological polar surface area (TPSA) is 89.3 Å². The van der Waals surface area contributed by atoms with Crippen molar-refractivity contribution in [2.24, 2.45) is 16.7 Å². The van der Waals surface area contributed by atoms with E-state index >= 15 is 0 Å². The Morgan fingerprint density at radius 1 is 1.25 bits per heavy atom. The van der Waals surface area contributed by atoms with Crippen LogP contribution in [0.5, 0.6) is 0 Å². The van der Waals surface area contributed by atoms with Crippen LogP contribution in [-0.2, 0) is 30.4 Å². The van der Waals surface area contributed by atoms with Crippen LogP contribution in [0.4, 0.5) is 0 Å². The van der Waals surface area contributed by atoms with E-state index in [-0.39, 0.29) is 42.6 Å². The summed E-state index contributed by atoms with van der Waals surface area (Å²) in [5.41, 5.74) is -0.416. The van der Waals surface area contributed by atoms with Gasteiger partial charge in [-0.05, 0) is 36.8 Å². The third-order valence-corrected chi connectivity index (χ3v) is 6.87. The molecule has 1 aromatic rings. The fourth-order valence-electron chi connectivity index (χ4n) is 5.43. The van der Waals surface area contributed by atoms with E-state index in [1.54, 1.807) is 22.1 Å². The first-order valence-corrected chi connectivity index (χ1v) is 11.2. The zero-order chi connectivity index (χ0) is 22.9. The average molecular weight is 445 g/mol. The number of likely N-dealkylation sites (tertiary alicyclic amines) is 1. The van der Waals surface area contributed by atoms with Crippen molar-refractivity contribution in [2.75, 3.05) is 33.4 Å². The molecule has 2 aliphatic heterocycles. The lowest BCUT2D eigenvalue weighted by Crippen LogP contribution is -2.56. The number of nitrogens with zero attached hydrogens (tertiary/aromatic N) is 2. The highest BCUT2D eigenvalue weighted by atomic mass is 16.5. The molecule has 2 amide bonds. The van der Waals surface area contributed by atoms with Crippen LogP contribution in [-0.4, -0.2) is 61.0 Å². The van der Waals surface area contributed by atoms with Gasteiger partial charge in [-0.25, -0.2) is 0 Å². The van der Waals surface area contributed by atoms with Crippen molar-refractivity contribution in [3.63, 3.8) is 0 Å². The molecule has 2 saturated heterocycles. The van der Waals surface area contributed by atoms with Gasteiger partial charge in [-0.3, -0.25) is 14.4 Å². The van der Waals surface area contributed by atoms with Crippen molar-refractivity contribution in [3.8, 4) is 0 Å². The summed E-state index contributed by atoms with van der Waals surface area (Å²) in [6.45, 7) is 6.51. The van der Waals surface area contributed by atoms with Crippen LogP contribution in [0.2, 0.25) is 0 Å². The first-order chi connectivity index (χ1) is 15.3. The molecule has 8 nitrogen and oxygen atoms in total. The number of carbonyl (C=O) groups is 3. The molecule has 3 aliphatic rings. The molecule has 0 bridgehead atoms. The molecule has 3 heterocycles. The maximum Gasteiger partial charge on any atom is 0.317 e. The second-order valence-corrected chi connectivity index (χ2v) is 9.81. The first-order valence-electron chi connectivity index (χ1n) is 11.2. The second kappa shape index (κ2) is 8.73. The molecule has 1 aliphatic carbocycles. The third-order valence-electron chi connectivity index (χ3n) is 6.87. The lowest BCUT2D eigenvalue weighted by Gasteiger charge is -2.51. The molecule has 0 unspecified atom stereocenters. The number of esters is 1. The maximum absolute atomic E-state index is 13.6. The number of allylic oxidation sites excluding steroid dienone is 1. The molecular weight excluding hydrogens is 412 g/mol. The van der Waals surface area contributed by atoms with E-state index in [2.05, 4.69) is 13.8 Å². The van der Waals surface area contributed by atoms with E-state index in [0.29, 0.717) is 44.2 Å². The lowest BCUT2D eigenvalue weighted by molar-refractivity contribution is -0.163. The zero-order valence-corrected chi connectivity index (χ0v) is 19.1. The number of piperidine rings is 1. The number of methoxy groups -OCH3 is 1. The molecule has 32 heavy (non-hydrogen) atoms. The highest BCUT2D eigenvalue weighted by Gasteiger charge is 2.57. The molecule has 8 heteroatoms. The molecule has 0 saturated carbocycles. The Bertz CT molecular complexity index is 900. The molecule has 174 valence electrons. The molecule has 0 aromatic carbocycles. The van der Waals surface area contributed by atoms with E-state index in [9.17, 15) is 14.4 Å². The number of rotatable bonds is 5. The summed E-state index contributed by atoms with van der Waals surface area (Å²) in [6, 6.07) is 3.58. The minimum absolute atomic E-state index is 0.0694. The number of fused-ring (bicyclic) bond motifs is 1. The van der Waals surface area contributed by atoms with Crippen molar-refractivity contribution in [2.45, 2.75) is 46.1 Å². The number of hydrogen-bond acceptors (Lipinski definition) is 6. The summed E-state index contributed by atoms with van der Waals surface area (Å²) in [5.74, 6) is -0.550. The van der Waals surface area contributed by atoms with E-state index in [1.165, 1.54) is 7.11 Å². The second-order valence-electron chi connectivity index (χ2n) is 9.81. The number of furan rings is 1. The highest BCUT2D eigenvalue weighted by molar-refractivity contribution is 5.92. The van der Waals surface area contributed by atoms with E-state index in [1.807, 2.05) is 12.1 Å². The van der Waals surface area contributed by atoms with Gasteiger partial charge in [0.05, 0.1) is 33.1 Å². The third kappa shape index (κ3) is 4.20. The minimum atomic E-state index is -0.965. The van der Waals surface area contributed by atoms with Crippen LogP contribution in [0.25, 0.3) is 0 Å². The normalized spacial score (nSPS) is 27.5.